The van der Waals surface area contributed by atoms with Gasteiger partial charge in [0.25, 0.3) is 0 Å². The fourth-order valence-electron chi connectivity index (χ4n) is 7.16. The maximum absolute atomic E-state index is 2.75. The number of hydrogen-bond acceptors (Lipinski definition) is 1. The summed E-state index contributed by atoms with van der Waals surface area (Å²) in [6.07, 6.45) is 0. The summed E-state index contributed by atoms with van der Waals surface area (Å²) in [5.74, 6) is 0. The minimum atomic E-state index is 1.10. The van der Waals surface area contributed by atoms with Crippen LogP contribution in [0.25, 0.3) is 60.5 Å². The molecule has 0 amide bonds. The monoisotopic (exact) mass is 692 g/mol. The first-order valence-electron chi connectivity index (χ1n) is 16.6. The molecule has 0 saturated heterocycles. The topological polar surface area (TPSA) is 8.17 Å². The van der Waals surface area contributed by atoms with Crippen molar-refractivity contribution < 1.29 is 0 Å². The molecule has 49 heavy (non-hydrogen) atoms. The zero-order chi connectivity index (χ0) is 32.7. The predicted octanol–water partition coefficient (Wildman–Crippen LogP) is 11.3. The molecule has 0 radical (unpaired) electrons. The van der Waals surface area contributed by atoms with Gasteiger partial charge in [-0.15, -0.1) is 0 Å². The van der Waals surface area contributed by atoms with Gasteiger partial charge in [-0.3, -0.25) is 0 Å². The third kappa shape index (κ3) is 5.21. The van der Waals surface area contributed by atoms with E-state index in [0.717, 1.165) is 22.7 Å². The van der Waals surface area contributed by atoms with Crippen LogP contribution in [0, 0.1) is 0 Å². The molecule has 3 heteroatoms. The van der Waals surface area contributed by atoms with E-state index in [1.165, 1.54) is 59.3 Å². The van der Waals surface area contributed by atoms with Gasteiger partial charge in [-0.1, -0.05) is 24.3 Å². The maximum atomic E-state index is 2.75. The summed E-state index contributed by atoms with van der Waals surface area (Å²) in [5.41, 5.74) is 11.6. The molecule has 0 unspecified atom stereocenters. The van der Waals surface area contributed by atoms with E-state index in [2.05, 4.69) is 214 Å². The zero-order valence-electron chi connectivity index (χ0n) is 26.7. The normalized spacial score (nSPS) is 11.4. The van der Waals surface area contributed by atoms with Crippen molar-refractivity contribution in [3.8, 4) is 27.9 Å². The molecular weight excluding hydrogens is 659 g/mol. The Hall–Kier alpha value is -5.86. The third-order valence-corrected chi connectivity index (χ3v) is 10.3. The van der Waals surface area contributed by atoms with E-state index in [-0.39, 0.29) is 0 Å². The molecule has 0 saturated carbocycles. The average molecular weight is 692 g/mol. The Morgan fingerprint density at radius 2 is 1.06 bits per heavy atom. The number of aromatic nitrogens is 1. The van der Waals surface area contributed by atoms with Gasteiger partial charge in [-0.05, 0) is 0 Å². The second-order valence-electron chi connectivity index (χ2n) is 12.4. The number of rotatable bonds is 6. The van der Waals surface area contributed by atoms with Crippen molar-refractivity contribution >= 4 is 70.1 Å². The van der Waals surface area contributed by atoms with E-state index >= 15 is 0 Å². The van der Waals surface area contributed by atoms with Crippen LogP contribution in [0.3, 0.4) is 0 Å². The second-order valence-corrected chi connectivity index (χ2v) is 13.4. The molecule has 0 atom stereocenters. The number of fused-ring (bicyclic) bond motifs is 4. The van der Waals surface area contributed by atoms with Crippen LogP contribution in [0.5, 0.6) is 0 Å². The summed E-state index contributed by atoms with van der Waals surface area (Å²) < 4.78 is 3.56. The third-order valence-electron chi connectivity index (χ3n) is 9.46. The average Bonchev–Trinajstić information content (AvgIpc) is 3.50. The van der Waals surface area contributed by atoms with Crippen molar-refractivity contribution in [2.45, 2.75) is 0 Å². The Morgan fingerprint density at radius 1 is 0.408 bits per heavy atom. The summed E-state index contributed by atoms with van der Waals surface area (Å²) in [4.78, 5) is 2.43. The van der Waals surface area contributed by atoms with Gasteiger partial charge in [0.05, 0.1) is 0 Å². The molecule has 232 valence electrons. The van der Waals surface area contributed by atoms with E-state index in [4.69, 9.17) is 0 Å². The summed E-state index contributed by atoms with van der Waals surface area (Å²) in [5, 5.41) is 4.93. The molecule has 0 fully saturated rings. The predicted molar refractivity (Wildman–Crippen MR) is 211 cm³/mol. The number of hydrogen-bond donors (Lipinski definition) is 0. The first-order chi connectivity index (χ1) is 24.2. The minimum absolute atomic E-state index is 1.10. The van der Waals surface area contributed by atoms with Gasteiger partial charge in [0.1, 0.15) is 0 Å². The van der Waals surface area contributed by atoms with Gasteiger partial charge in [0.2, 0.25) is 0 Å². The number of benzene rings is 8. The van der Waals surface area contributed by atoms with Crippen LogP contribution in [-0.4, -0.2) is 20.6 Å². The molecule has 0 N–H and O–H groups in total. The molecule has 0 aliphatic heterocycles. The van der Waals surface area contributed by atoms with Crippen molar-refractivity contribution in [3.63, 3.8) is 0 Å². The number of anilines is 3. The molecule has 0 aliphatic rings. The van der Waals surface area contributed by atoms with Crippen LogP contribution >= 0.6 is 0 Å². The van der Waals surface area contributed by atoms with E-state index in [1.807, 2.05) is 0 Å². The molecule has 1 aromatic heterocycles. The van der Waals surface area contributed by atoms with Crippen LogP contribution in [0.4, 0.5) is 17.1 Å². The SMILES string of the molecule is [SeH]c1ccc(N(c2ccc3c(c2)c2ccccc2n3-c2ccccc2)c2ccccc2-c2ccc3ccccc3c2)cc1-c1ccccc1. The van der Waals surface area contributed by atoms with Crippen LogP contribution in [0.15, 0.2) is 188 Å². The molecule has 2 nitrogen and oxygen atoms in total. The quantitative estimate of drug-likeness (QED) is 0.158. The van der Waals surface area contributed by atoms with E-state index in [1.54, 1.807) is 0 Å². The summed E-state index contributed by atoms with van der Waals surface area (Å²) in [6, 6.07) is 67.9. The fourth-order valence-corrected chi connectivity index (χ4v) is 7.73. The van der Waals surface area contributed by atoms with Crippen molar-refractivity contribution in [1.29, 1.82) is 0 Å². The standard InChI is InChI=1S/C46H32N2Se/c49-46-28-26-38(30-41(46)33-14-3-1-4-15-33)47(43-21-11-9-19-39(43)35-24-23-32-13-7-8-16-34(32)29-35)37-25-27-45-42(31-37)40-20-10-12-22-44(40)48(45)36-17-5-2-6-18-36/h1-31,49H. The van der Waals surface area contributed by atoms with Crippen LogP contribution in [0.1, 0.15) is 0 Å². The van der Waals surface area contributed by atoms with Gasteiger partial charge in [0, 0.05) is 0 Å². The Bertz CT molecular complexity index is 2620. The van der Waals surface area contributed by atoms with E-state index in [9.17, 15) is 0 Å². The number of nitrogens with zero attached hydrogens (tertiary/aromatic N) is 2. The Labute approximate surface area is 294 Å². The Balaban J connectivity index is 1.30. The van der Waals surface area contributed by atoms with Gasteiger partial charge in [-0.25, -0.2) is 0 Å². The second kappa shape index (κ2) is 12.3. The fraction of sp³-hybridized carbons (Fsp3) is 0. The van der Waals surface area contributed by atoms with E-state index < -0.39 is 0 Å². The van der Waals surface area contributed by atoms with Gasteiger partial charge < -0.3 is 0 Å². The molecule has 0 bridgehead atoms. The van der Waals surface area contributed by atoms with Crippen molar-refractivity contribution in [3.05, 3.63) is 188 Å². The van der Waals surface area contributed by atoms with Crippen LogP contribution in [-0.2, 0) is 0 Å². The number of para-hydroxylation sites is 3. The Kier molecular flexibility index (Phi) is 7.35. The zero-order valence-corrected chi connectivity index (χ0v) is 28.6. The summed E-state index contributed by atoms with van der Waals surface area (Å²) in [6.45, 7) is 0. The van der Waals surface area contributed by atoms with Crippen molar-refractivity contribution in [1.82, 2.24) is 4.57 Å². The molecule has 0 aliphatic carbocycles. The van der Waals surface area contributed by atoms with Crippen LogP contribution < -0.4 is 9.36 Å². The summed E-state index contributed by atoms with van der Waals surface area (Å²) >= 11 is 2.75. The molecule has 1 heterocycles. The van der Waals surface area contributed by atoms with Crippen LogP contribution in [0.2, 0.25) is 0 Å². The summed E-state index contributed by atoms with van der Waals surface area (Å²) in [7, 11) is 0. The molecule has 0 spiro atoms. The molecule has 9 rings (SSSR count). The first-order valence-corrected chi connectivity index (χ1v) is 17.5. The van der Waals surface area contributed by atoms with Crippen molar-refractivity contribution in [2.24, 2.45) is 0 Å². The molecular formula is C46H32N2Se. The molecule has 9 aromatic rings. The van der Waals surface area contributed by atoms with Gasteiger partial charge in [-0.2, -0.15) is 0 Å². The Morgan fingerprint density at radius 3 is 1.92 bits per heavy atom. The van der Waals surface area contributed by atoms with E-state index in [0.29, 0.717) is 0 Å². The van der Waals surface area contributed by atoms with Gasteiger partial charge >= 0.3 is 271 Å². The first kappa shape index (κ1) is 29.3. The molecule has 8 aromatic carbocycles. The van der Waals surface area contributed by atoms with Crippen molar-refractivity contribution in [2.75, 3.05) is 4.90 Å². The van der Waals surface area contributed by atoms with Gasteiger partial charge in [0.15, 0.2) is 0 Å².